The maximum Gasteiger partial charge on any atom is 0.244 e. The molecule has 8 heteroatoms. The lowest BCUT2D eigenvalue weighted by Gasteiger charge is -2.26. The van der Waals surface area contributed by atoms with Gasteiger partial charge in [-0.25, -0.2) is 8.42 Å². The van der Waals surface area contributed by atoms with Gasteiger partial charge in [-0.05, 0) is 29.3 Å². The fourth-order valence-corrected chi connectivity index (χ4v) is 5.81. The third-order valence-corrected chi connectivity index (χ3v) is 7.98. The lowest BCUT2D eigenvalue weighted by atomic mass is 9.88. The zero-order valence-electron chi connectivity index (χ0n) is 18.0. The highest BCUT2D eigenvalue weighted by Gasteiger charge is 2.29. The number of nitrogens with one attached hydrogen (secondary N) is 1. The number of hydrogen-bond donors (Lipinski definition) is 1. The number of ether oxygens (including phenoxy) is 1. The first-order chi connectivity index (χ1) is 15.9. The third kappa shape index (κ3) is 5.62. The molecule has 1 fully saturated rings. The zero-order chi connectivity index (χ0) is 23.3. The average molecular weight is 485 g/mol. The number of benzene rings is 3. The topological polar surface area (TPSA) is 75.7 Å². The van der Waals surface area contributed by atoms with Crippen molar-refractivity contribution >= 4 is 33.2 Å². The zero-order valence-corrected chi connectivity index (χ0v) is 19.6. The minimum Gasteiger partial charge on any atom is -0.379 e. The van der Waals surface area contributed by atoms with E-state index in [0.717, 1.165) is 11.1 Å². The van der Waals surface area contributed by atoms with E-state index in [-0.39, 0.29) is 41.3 Å². The Kier molecular flexibility index (Phi) is 7.45. The van der Waals surface area contributed by atoms with Crippen molar-refractivity contribution in [3.8, 4) is 0 Å². The Balaban J connectivity index is 1.55. The van der Waals surface area contributed by atoms with Crippen LogP contribution in [-0.2, 0) is 19.6 Å². The van der Waals surface area contributed by atoms with Crippen LogP contribution < -0.4 is 5.32 Å². The summed E-state index contributed by atoms with van der Waals surface area (Å²) in [5.41, 5.74) is 2.45. The highest BCUT2D eigenvalue weighted by Crippen LogP contribution is 2.30. The van der Waals surface area contributed by atoms with Gasteiger partial charge in [-0.3, -0.25) is 4.79 Å². The van der Waals surface area contributed by atoms with Crippen LogP contribution in [0.1, 0.15) is 23.5 Å². The first-order valence-corrected chi connectivity index (χ1v) is 12.5. The molecule has 1 heterocycles. The number of morpholine rings is 1. The SMILES string of the molecule is O=C(CC(c1ccccc1)c1ccccc1)Nc1ccc(Cl)c(S(=O)(=O)N2CCOCC2)c1. The molecule has 3 aromatic rings. The van der Waals surface area contributed by atoms with E-state index in [1.165, 1.54) is 16.4 Å². The summed E-state index contributed by atoms with van der Waals surface area (Å²) < 4.78 is 32.7. The van der Waals surface area contributed by atoms with E-state index in [4.69, 9.17) is 16.3 Å². The monoisotopic (exact) mass is 484 g/mol. The smallest absolute Gasteiger partial charge is 0.244 e. The van der Waals surface area contributed by atoms with Gasteiger partial charge in [0, 0.05) is 31.1 Å². The molecular weight excluding hydrogens is 460 g/mol. The van der Waals surface area contributed by atoms with Crippen molar-refractivity contribution in [1.29, 1.82) is 0 Å². The molecule has 0 saturated carbocycles. The summed E-state index contributed by atoms with van der Waals surface area (Å²) in [6.45, 7) is 1.22. The summed E-state index contributed by atoms with van der Waals surface area (Å²) in [5.74, 6) is -0.346. The molecule has 1 aliphatic heterocycles. The van der Waals surface area contributed by atoms with Gasteiger partial charge in [-0.1, -0.05) is 72.3 Å². The molecule has 0 bridgehead atoms. The Hall–Kier alpha value is -2.71. The number of rotatable bonds is 7. The van der Waals surface area contributed by atoms with Crippen LogP contribution >= 0.6 is 11.6 Å². The minimum absolute atomic E-state index is 0.0217. The van der Waals surface area contributed by atoms with Gasteiger partial charge in [0.15, 0.2) is 0 Å². The van der Waals surface area contributed by atoms with E-state index in [0.29, 0.717) is 18.9 Å². The Morgan fingerprint density at radius 3 is 2.09 bits per heavy atom. The molecule has 0 atom stereocenters. The maximum atomic E-state index is 13.1. The van der Waals surface area contributed by atoms with E-state index >= 15 is 0 Å². The molecule has 1 aliphatic rings. The van der Waals surface area contributed by atoms with Crippen molar-refractivity contribution in [2.24, 2.45) is 0 Å². The van der Waals surface area contributed by atoms with Gasteiger partial charge in [-0.15, -0.1) is 0 Å². The number of carbonyl (C=O) groups is 1. The van der Waals surface area contributed by atoms with Gasteiger partial charge < -0.3 is 10.1 Å². The fraction of sp³-hybridized carbons (Fsp3) is 0.240. The summed E-state index contributed by atoms with van der Waals surface area (Å²) in [5, 5.41) is 2.97. The Morgan fingerprint density at radius 2 is 1.52 bits per heavy atom. The van der Waals surface area contributed by atoms with E-state index in [1.54, 1.807) is 6.07 Å². The molecule has 1 N–H and O–H groups in total. The number of nitrogens with zero attached hydrogens (tertiary/aromatic N) is 1. The lowest BCUT2D eigenvalue weighted by molar-refractivity contribution is -0.116. The highest BCUT2D eigenvalue weighted by atomic mass is 35.5. The molecule has 6 nitrogen and oxygen atoms in total. The number of hydrogen-bond acceptors (Lipinski definition) is 4. The van der Waals surface area contributed by atoms with Crippen molar-refractivity contribution in [3.05, 3.63) is 95.0 Å². The van der Waals surface area contributed by atoms with Crippen molar-refractivity contribution in [1.82, 2.24) is 4.31 Å². The van der Waals surface area contributed by atoms with E-state index in [9.17, 15) is 13.2 Å². The number of amides is 1. The maximum absolute atomic E-state index is 13.1. The van der Waals surface area contributed by atoms with E-state index < -0.39 is 10.0 Å². The fourth-order valence-electron chi connectivity index (χ4n) is 3.90. The number of carbonyl (C=O) groups excluding carboxylic acids is 1. The highest BCUT2D eigenvalue weighted by molar-refractivity contribution is 7.89. The molecule has 33 heavy (non-hydrogen) atoms. The summed E-state index contributed by atoms with van der Waals surface area (Å²) in [6.07, 6.45) is 0.211. The molecule has 3 aromatic carbocycles. The number of halogens is 1. The van der Waals surface area contributed by atoms with Crippen molar-refractivity contribution in [3.63, 3.8) is 0 Å². The molecule has 4 rings (SSSR count). The third-order valence-electron chi connectivity index (χ3n) is 5.60. The molecule has 1 saturated heterocycles. The second-order valence-electron chi connectivity index (χ2n) is 7.79. The minimum atomic E-state index is -3.79. The molecule has 172 valence electrons. The molecule has 0 spiro atoms. The van der Waals surface area contributed by atoms with Crippen molar-refractivity contribution in [2.45, 2.75) is 17.2 Å². The summed E-state index contributed by atoms with van der Waals surface area (Å²) in [6, 6.07) is 24.2. The molecule has 0 aromatic heterocycles. The summed E-state index contributed by atoms with van der Waals surface area (Å²) in [7, 11) is -3.79. The molecule has 0 aliphatic carbocycles. The van der Waals surface area contributed by atoms with Gasteiger partial charge >= 0.3 is 0 Å². The van der Waals surface area contributed by atoms with Crippen molar-refractivity contribution < 1.29 is 17.9 Å². The van der Waals surface area contributed by atoms with Crippen LogP contribution in [0.15, 0.2) is 83.8 Å². The second kappa shape index (κ2) is 10.5. The van der Waals surface area contributed by atoms with Crippen molar-refractivity contribution in [2.75, 3.05) is 31.6 Å². The van der Waals surface area contributed by atoms with Gasteiger partial charge in [0.25, 0.3) is 0 Å². The standard InChI is InChI=1S/C25H25ClN2O4S/c26-23-12-11-21(17-24(23)33(30,31)28-13-15-32-16-14-28)27-25(29)18-22(19-7-3-1-4-8-19)20-9-5-2-6-10-20/h1-12,17,22H,13-16,18H2,(H,27,29). The van der Waals surface area contributed by atoms with Crippen LogP contribution in [-0.4, -0.2) is 44.9 Å². The van der Waals surface area contributed by atoms with E-state index in [2.05, 4.69) is 5.32 Å². The largest absolute Gasteiger partial charge is 0.379 e. The average Bonchev–Trinajstić information content (AvgIpc) is 2.85. The van der Waals surface area contributed by atoms with Crippen LogP contribution in [0, 0.1) is 0 Å². The quantitative estimate of drug-likeness (QED) is 0.535. The van der Waals surface area contributed by atoms with Gasteiger partial charge in [0.05, 0.1) is 18.2 Å². The molecule has 0 radical (unpaired) electrons. The second-order valence-corrected chi connectivity index (χ2v) is 10.1. The van der Waals surface area contributed by atoms with Crippen LogP contribution in [0.4, 0.5) is 5.69 Å². The predicted octanol–water partition coefficient (Wildman–Crippen LogP) is 4.52. The van der Waals surface area contributed by atoms with Crippen LogP contribution in [0.3, 0.4) is 0 Å². The number of anilines is 1. The Labute approximate surface area is 199 Å². The van der Waals surface area contributed by atoms with Crippen LogP contribution in [0.5, 0.6) is 0 Å². The predicted molar refractivity (Wildman–Crippen MR) is 129 cm³/mol. The Morgan fingerprint density at radius 1 is 0.939 bits per heavy atom. The van der Waals surface area contributed by atoms with Gasteiger partial charge in [-0.2, -0.15) is 4.31 Å². The first-order valence-electron chi connectivity index (χ1n) is 10.7. The van der Waals surface area contributed by atoms with Crippen LogP contribution in [0.2, 0.25) is 5.02 Å². The number of sulfonamides is 1. The lowest BCUT2D eigenvalue weighted by Crippen LogP contribution is -2.40. The van der Waals surface area contributed by atoms with Crippen LogP contribution in [0.25, 0.3) is 0 Å². The molecule has 1 amide bonds. The Bertz CT molecular complexity index is 1160. The molecular formula is C25H25ClN2O4S. The van der Waals surface area contributed by atoms with Gasteiger partial charge in [0.1, 0.15) is 4.90 Å². The van der Waals surface area contributed by atoms with E-state index in [1.807, 2.05) is 60.7 Å². The first kappa shape index (κ1) is 23.4. The normalized spacial score (nSPS) is 14.8. The molecule has 0 unspecified atom stereocenters. The summed E-state index contributed by atoms with van der Waals surface area (Å²) >= 11 is 6.23. The van der Waals surface area contributed by atoms with Gasteiger partial charge in [0.2, 0.25) is 15.9 Å². The summed E-state index contributed by atoms with van der Waals surface area (Å²) in [4.78, 5) is 13.0.